The van der Waals surface area contributed by atoms with Crippen molar-refractivity contribution in [2.45, 2.75) is 13.3 Å². The van der Waals surface area contributed by atoms with Crippen LogP contribution in [0.4, 0.5) is 0 Å². The fourth-order valence-corrected chi connectivity index (χ4v) is 3.31. The maximum Gasteiger partial charge on any atom is 0.296 e. The van der Waals surface area contributed by atoms with Crippen LogP contribution < -0.4 is 10.3 Å². The van der Waals surface area contributed by atoms with Crippen LogP contribution in [0.5, 0.6) is 5.75 Å². The molecule has 27 heavy (non-hydrogen) atoms. The van der Waals surface area contributed by atoms with Crippen LogP contribution >= 0.6 is 0 Å². The minimum atomic E-state index is -0.339. The zero-order chi connectivity index (χ0) is 19.4. The van der Waals surface area contributed by atoms with Gasteiger partial charge in [-0.25, -0.2) is 4.98 Å². The number of piperazine rings is 1. The van der Waals surface area contributed by atoms with Crippen molar-refractivity contribution in [2.24, 2.45) is 7.05 Å². The van der Waals surface area contributed by atoms with Gasteiger partial charge in [0.1, 0.15) is 5.82 Å². The number of nitrogens with zero attached hydrogens (tertiary/aromatic N) is 4. The first-order valence-corrected chi connectivity index (χ1v) is 9.24. The molecular formula is C20H26N4O3. The number of methoxy groups -OCH3 is 1. The summed E-state index contributed by atoms with van der Waals surface area (Å²) in [6.07, 6.45) is 0.473. The lowest BCUT2D eigenvalue weighted by Gasteiger charge is -2.34. The highest BCUT2D eigenvalue weighted by molar-refractivity contribution is 5.95. The summed E-state index contributed by atoms with van der Waals surface area (Å²) >= 11 is 0. The van der Waals surface area contributed by atoms with Gasteiger partial charge in [-0.2, -0.15) is 0 Å². The number of hydrogen-bond donors (Lipinski definition) is 0. The van der Waals surface area contributed by atoms with Gasteiger partial charge in [0, 0.05) is 39.6 Å². The minimum Gasteiger partial charge on any atom is -0.489 e. The normalized spacial score (nSPS) is 15.0. The Balaban J connectivity index is 1.94. The van der Waals surface area contributed by atoms with Crippen molar-refractivity contribution in [3.63, 3.8) is 0 Å². The van der Waals surface area contributed by atoms with Crippen molar-refractivity contribution in [1.82, 2.24) is 19.4 Å². The Hall–Kier alpha value is -2.67. The van der Waals surface area contributed by atoms with E-state index in [-0.39, 0.29) is 22.9 Å². The van der Waals surface area contributed by atoms with Crippen LogP contribution in [0.3, 0.4) is 0 Å². The Labute approximate surface area is 159 Å². The van der Waals surface area contributed by atoms with Crippen molar-refractivity contribution in [1.29, 1.82) is 0 Å². The maximum absolute atomic E-state index is 13.1. The second-order valence-electron chi connectivity index (χ2n) is 6.66. The number of amides is 1. The summed E-state index contributed by atoms with van der Waals surface area (Å²) in [5.74, 6) is 0.314. The molecule has 1 aromatic heterocycles. The molecule has 0 saturated carbocycles. The molecule has 0 unspecified atom stereocenters. The molecule has 0 aliphatic carbocycles. The van der Waals surface area contributed by atoms with Crippen LogP contribution in [0.15, 0.2) is 35.1 Å². The average Bonchev–Trinajstić information content (AvgIpc) is 2.71. The monoisotopic (exact) mass is 370 g/mol. The number of carbonyl (C=O) groups excluding carboxylic acids is 1. The largest absolute Gasteiger partial charge is 0.489 e. The molecule has 0 radical (unpaired) electrons. The molecule has 2 heterocycles. The Morgan fingerprint density at radius 1 is 1.15 bits per heavy atom. The van der Waals surface area contributed by atoms with Gasteiger partial charge >= 0.3 is 0 Å². The van der Waals surface area contributed by atoms with Gasteiger partial charge in [-0.05, 0) is 12.1 Å². The van der Waals surface area contributed by atoms with Gasteiger partial charge in [0.25, 0.3) is 11.5 Å². The molecule has 1 fully saturated rings. The van der Waals surface area contributed by atoms with E-state index < -0.39 is 0 Å². The van der Waals surface area contributed by atoms with Crippen molar-refractivity contribution < 1.29 is 9.53 Å². The molecule has 0 N–H and O–H groups in total. The third-order valence-corrected chi connectivity index (χ3v) is 5.06. The van der Waals surface area contributed by atoms with Crippen molar-refractivity contribution in [3.8, 4) is 5.75 Å². The zero-order valence-electron chi connectivity index (χ0n) is 16.1. The summed E-state index contributed by atoms with van der Waals surface area (Å²) in [5, 5.41) is 0. The molecule has 7 nitrogen and oxygen atoms in total. The molecule has 0 bridgehead atoms. The SMILES string of the molecule is CCN1CCN(C(=O)c2nc(Cc3ccccc3)n(C)c(=O)c2OC)CC1. The van der Waals surface area contributed by atoms with E-state index in [4.69, 9.17) is 4.74 Å². The summed E-state index contributed by atoms with van der Waals surface area (Å²) in [6.45, 7) is 5.98. The maximum atomic E-state index is 13.1. The van der Waals surface area contributed by atoms with Crippen LogP contribution in [0, 0.1) is 0 Å². The zero-order valence-corrected chi connectivity index (χ0v) is 16.1. The van der Waals surface area contributed by atoms with E-state index >= 15 is 0 Å². The van der Waals surface area contributed by atoms with Gasteiger partial charge in [0.2, 0.25) is 5.75 Å². The van der Waals surface area contributed by atoms with Crippen LogP contribution in [0.1, 0.15) is 28.8 Å². The lowest BCUT2D eigenvalue weighted by Crippen LogP contribution is -2.49. The van der Waals surface area contributed by atoms with Gasteiger partial charge in [-0.3, -0.25) is 14.2 Å². The number of aromatic nitrogens is 2. The van der Waals surface area contributed by atoms with Gasteiger partial charge in [0.15, 0.2) is 5.69 Å². The first-order valence-electron chi connectivity index (χ1n) is 9.24. The molecule has 2 aromatic rings. The van der Waals surface area contributed by atoms with E-state index in [2.05, 4.69) is 16.8 Å². The molecule has 1 aromatic carbocycles. The lowest BCUT2D eigenvalue weighted by atomic mass is 10.1. The van der Waals surface area contributed by atoms with E-state index in [1.807, 2.05) is 30.3 Å². The summed E-state index contributed by atoms with van der Waals surface area (Å²) in [6, 6.07) is 9.77. The van der Waals surface area contributed by atoms with E-state index in [1.165, 1.54) is 11.7 Å². The third-order valence-electron chi connectivity index (χ3n) is 5.06. The van der Waals surface area contributed by atoms with E-state index in [9.17, 15) is 9.59 Å². The van der Waals surface area contributed by atoms with Crippen molar-refractivity contribution in [2.75, 3.05) is 39.8 Å². The highest BCUT2D eigenvalue weighted by Crippen LogP contribution is 2.17. The summed E-state index contributed by atoms with van der Waals surface area (Å²) in [5.41, 5.74) is 0.797. The van der Waals surface area contributed by atoms with E-state index in [0.717, 1.165) is 25.2 Å². The Kier molecular flexibility index (Phi) is 5.91. The molecule has 1 amide bonds. The highest BCUT2D eigenvalue weighted by Gasteiger charge is 2.28. The number of carbonyl (C=O) groups is 1. The fourth-order valence-electron chi connectivity index (χ4n) is 3.31. The van der Waals surface area contributed by atoms with Crippen LogP contribution in [-0.4, -0.2) is 65.1 Å². The summed E-state index contributed by atoms with van der Waals surface area (Å²) in [7, 11) is 3.06. The Morgan fingerprint density at radius 2 is 1.81 bits per heavy atom. The van der Waals surface area contributed by atoms with Crippen molar-refractivity contribution in [3.05, 3.63) is 57.8 Å². The van der Waals surface area contributed by atoms with Crippen molar-refractivity contribution >= 4 is 5.91 Å². The third kappa shape index (κ3) is 4.03. The van der Waals surface area contributed by atoms with Gasteiger partial charge in [-0.1, -0.05) is 37.3 Å². The number of benzene rings is 1. The Morgan fingerprint density at radius 3 is 2.41 bits per heavy atom. The molecule has 144 valence electrons. The number of ether oxygens (including phenoxy) is 1. The average molecular weight is 370 g/mol. The van der Waals surface area contributed by atoms with Gasteiger partial charge < -0.3 is 14.5 Å². The molecule has 3 rings (SSSR count). The summed E-state index contributed by atoms with van der Waals surface area (Å²) < 4.78 is 6.72. The lowest BCUT2D eigenvalue weighted by molar-refractivity contribution is 0.0632. The molecule has 0 atom stereocenters. The second kappa shape index (κ2) is 8.35. The number of rotatable bonds is 5. The number of hydrogen-bond acceptors (Lipinski definition) is 5. The first-order chi connectivity index (χ1) is 13.0. The minimum absolute atomic E-state index is 0.0113. The molecular weight excluding hydrogens is 344 g/mol. The summed E-state index contributed by atoms with van der Waals surface area (Å²) in [4.78, 5) is 34.4. The molecule has 1 aliphatic rings. The topological polar surface area (TPSA) is 67.7 Å². The molecule has 1 saturated heterocycles. The standard InChI is InChI=1S/C20H26N4O3/c1-4-23-10-12-24(13-11-23)19(25)17-18(27-3)20(26)22(2)16(21-17)14-15-8-6-5-7-9-15/h5-9H,4,10-14H2,1-3H3. The van der Waals surface area contributed by atoms with Crippen LogP contribution in [0.25, 0.3) is 0 Å². The molecule has 0 spiro atoms. The fraction of sp³-hybridized carbons (Fsp3) is 0.450. The van der Waals surface area contributed by atoms with Crippen LogP contribution in [0.2, 0.25) is 0 Å². The predicted molar refractivity (Wildman–Crippen MR) is 103 cm³/mol. The van der Waals surface area contributed by atoms with E-state index in [0.29, 0.717) is 25.3 Å². The smallest absolute Gasteiger partial charge is 0.296 e. The number of likely N-dealkylation sites (N-methyl/N-ethyl adjacent to an activating group) is 1. The van der Waals surface area contributed by atoms with Gasteiger partial charge in [0.05, 0.1) is 7.11 Å². The van der Waals surface area contributed by atoms with Crippen LogP contribution in [-0.2, 0) is 13.5 Å². The highest BCUT2D eigenvalue weighted by atomic mass is 16.5. The van der Waals surface area contributed by atoms with Gasteiger partial charge in [-0.15, -0.1) is 0 Å². The van der Waals surface area contributed by atoms with E-state index in [1.54, 1.807) is 11.9 Å². The molecule has 7 heteroatoms. The quantitative estimate of drug-likeness (QED) is 0.790. The second-order valence-corrected chi connectivity index (χ2v) is 6.66. The first kappa shape index (κ1) is 19.1. The molecule has 1 aliphatic heterocycles. The predicted octanol–water partition coefficient (Wildman–Crippen LogP) is 1.16. The Bertz CT molecular complexity index is 856.